The van der Waals surface area contributed by atoms with Gasteiger partial charge in [-0.25, -0.2) is 4.99 Å². The first-order chi connectivity index (χ1) is 21.5. The van der Waals surface area contributed by atoms with Gasteiger partial charge in [0.1, 0.15) is 60.6 Å². The van der Waals surface area contributed by atoms with E-state index in [9.17, 15) is 45.3 Å². The van der Waals surface area contributed by atoms with Crippen LogP contribution in [0.4, 0.5) is 0 Å². The zero-order chi connectivity index (χ0) is 34.4. The Bertz CT molecular complexity index is 1420. The van der Waals surface area contributed by atoms with E-state index in [0.29, 0.717) is 0 Å². The first-order valence-electron chi connectivity index (χ1n) is 14.3. The van der Waals surface area contributed by atoms with E-state index >= 15 is 0 Å². The molecule has 0 spiro atoms. The van der Waals surface area contributed by atoms with Crippen molar-refractivity contribution in [2.24, 2.45) is 16.5 Å². The lowest BCUT2D eigenvalue weighted by Gasteiger charge is -2.46. The molecule has 17 nitrogen and oxygen atoms in total. The molecular formula is C29H40N4O13. The van der Waals surface area contributed by atoms with Crippen LogP contribution in [0.25, 0.3) is 5.57 Å². The number of nitrogens with one attached hydrogen (secondary N) is 1. The minimum absolute atomic E-state index is 0.00479. The van der Waals surface area contributed by atoms with Gasteiger partial charge in [0.05, 0.1) is 18.3 Å². The molecule has 12 unspecified atom stereocenters. The van der Waals surface area contributed by atoms with Crippen molar-refractivity contribution in [3.8, 4) is 5.75 Å². The fourth-order valence-corrected chi connectivity index (χ4v) is 5.64. The van der Waals surface area contributed by atoms with Gasteiger partial charge >= 0.3 is 5.97 Å². The Hall–Kier alpha value is -3.65. The van der Waals surface area contributed by atoms with Crippen LogP contribution in [-0.4, -0.2) is 128 Å². The molecule has 1 aliphatic carbocycles. The number of rotatable bonds is 8. The predicted octanol–water partition coefficient (Wildman–Crippen LogP) is -2.52. The van der Waals surface area contributed by atoms with Crippen molar-refractivity contribution in [3.63, 3.8) is 0 Å². The number of phenols is 1. The van der Waals surface area contributed by atoms with Crippen LogP contribution in [0.3, 0.4) is 0 Å². The van der Waals surface area contributed by atoms with Gasteiger partial charge in [0.2, 0.25) is 0 Å². The first-order valence-corrected chi connectivity index (χ1v) is 14.3. The number of amides is 1. The van der Waals surface area contributed by atoms with Gasteiger partial charge in [-0.3, -0.25) is 9.59 Å². The summed E-state index contributed by atoms with van der Waals surface area (Å²) in [6.45, 7) is 11.6. The van der Waals surface area contributed by atoms with E-state index in [-0.39, 0.29) is 46.0 Å². The van der Waals surface area contributed by atoms with E-state index in [2.05, 4.69) is 23.5 Å². The zero-order valence-corrected chi connectivity index (χ0v) is 25.3. The molecular weight excluding hydrogens is 612 g/mol. The van der Waals surface area contributed by atoms with Gasteiger partial charge in [-0.1, -0.05) is 19.2 Å². The molecule has 2 aliphatic heterocycles. The molecule has 0 aromatic heterocycles. The lowest BCUT2D eigenvalue weighted by atomic mass is 9.78. The lowest BCUT2D eigenvalue weighted by Crippen LogP contribution is -2.62. The third kappa shape index (κ3) is 6.59. The highest BCUT2D eigenvalue weighted by Gasteiger charge is 2.51. The molecule has 254 valence electrons. The highest BCUT2D eigenvalue weighted by Crippen LogP contribution is 2.48. The van der Waals surface area contributed by atoms with Gasteiger partial charge in [0, 0.05) is 5.56 Å². The number of guanidine groups is 1. The van der Waals surface area contributed by atoms with Crippen LogP contribution in [0.5, 0.6) is 5.75 Å². The first kappa shape index (κ1) is 35.2. The molecule has 2 fully saturated rings. The maximum absolute atomic E-state index is 13.0. The fraction of sp³-hybridized carbons (Fsp3) is 0.552. The van der Waals surface area contributed by atoms with Crippen LogP contribution >= 0.6 is 0 Å². The molecule has 12 N–H and O–H groups in total. The Labute approximate surface area is 263 Å². The molecule has 4 rings (SSSR count). The minimum atomic E-state index is -1.73. The number of hydrogen-bond donors (Lipinski definition) is 10. The van der Waals surface area contributed by atoms with Crippen LogP contribution in [-0.2, 0) is 23.7 Å². The van der Waals surface area contributed by atoms with E-state index < -0.39 is 91.1 Å². The smallest absolute Gasteiger partial charge is 0.325 e. The van der Waals surface area contributed by atoms with Gasteiger partial charge in [-0.15, -0.1) is 0 Å². The molecule has 0 radical (unpaired) electrons. The number of benzene rings is 1. The monoisotopic (exact) mass is 652 g/mol. The van der Waals surface area contributed by atoms with Crippen LogP contribution in [0.15, 0.2) is 29.8 Å². The molecule has 3 aliphatic rings. The second-order valence-electron chi connectivity index (χ2n) is 11.5. The summed E-state index contributed by atoms with van der Waals surface area (Å²) in [5.74, 6) is -3.10. The third-order valence-corrected chi connectivity index (χ3v) is 8.22. The van der Waals surface area contributed by atoms with Crippen molar-refractivity contribution in [1.29, 1.82) is 0 Å². The lowest BCUT2D eigenvalue weighted by molar-refractivity contribution is -0.336. The van der Waals surface area contributed by atoms with E-state index in [0.717, 1.165) is 0 Å². The molecule has 0 bridgehead atoms. The molecule has 2 heterocycles. The summed E-state index contributed by atoms with van der Waals surface area (Å²) in [6, 6.07) is -0.912. The van der Waals surface area contributed by atoms with Gasteiger partial charge < -0.3 is 71.5 Å². The third-order valence-electron chi connectivity index (χ3n) is 8.22. The zero-order valence-electron chi connectivity index (χ0n) is 25.3. The minimum Gasteiger partial charge on any atom is -0.506 e. The number of nitrogens with two attached hydrogens (primary N) is 2. The molecule has 0 saturated carbocycles. The molecule has 1 aromatic rings. The topological polar surface area (TPSA) is 289 Å². The number of aryl methyl sites for hydroxylation is 1. The Morgan fingerprint density at radius 2 is 1.74 bits per heavy atom. The molecule has 1 aromatic carbocycles. The Morgan fingerprint density at radius 1 is 1.09 bits per heavy atom. The van der Waals surface area contributed by atoms with Crippen LogP contribution in [0.1, 0.15) is 47.0 Å². The van der Waals surface area contributed by atoms with Crippen molar-refractivity contribution in [2.45, 2.75) is 94.3 Å². The van der Waals surface area contributed by atoms with Gasteiger partial charge in [0.25, 0.3) is 5.91 Å². The molecule has 17 heteroatoms. The van der Waals surface area contributed by atoms with Crippen LogP contribution in [0, 0.1) is 6.92 Å². The summed E-state index contributed by atoms with van der Waals surface area (Å²) in [4.78, 5) is 28.3. The van der Waals surface area contributed by atoms with Gasteiger partial charge in [-0.05, 0) is 43.0 Å². The maximum Gasteiger partial charge on any atom is 0.325 e. The predicted molar refractivity (Wildman–Crippen MR) is 158 cm³/mol. The summed E-state index contributed by atoms with van der Waals surface area (Å²) in [5.41, 5.74) is 11.4. The molecule has 2 saturated heterocycles. The largest absolute Gasteiger partial charge is 0.506 e. The summed E-state index contributed by atoms with van der Waals surface area (Å²) in [7, 11) is 0. The summed E-state index contributed by atoms with van der Waals surface area (Å²) < 4.78 is 23.2. The van der Waals surface area contributed by atoms with E-state index in [1.807, 2.05) is 0 Å². The Kier molecular flexibility index (Phi) is 10.4. The van der Waals surface area contributed by atoms with Gasteiger partial charge in [-0.2, -0.15) is 0 Å². The van der Waals surface area contributed by atoms with Crippen molar-refractivity contribution < 1.29 is 64.3 Å². The van der Waals surface area contributed by atoms with Crippen molar-refractivity contribution >= 4 is 23.4 Å². The number of aliphatic hydroxyl groups is 5. The average Bonchev–Trinajstić information content (AvgIpc) is 2.97. The normalized spacial score (nSPS) is 35.2. The Morgan fingerprint density at radius 3 is 2.35 bits per heavy atom. The second kappa shape index (κ2) is 13.6. The van der Waals surface area contributed by atoms with Crippen molar-refractivity contribution in [3.05, 3.63) is 47.1 Å². The number of nitrogens with zero attached hydrogens (tertiary/aromatic N) is 1. The number of ether oxygens (including phenoxy) is 4. The van der Waals surface area contributed by atoms with E-state index in [1.54, 1.807) is 0 Å². The number of aromatic hydroxyl groups is 1. The van der Waals surface area contributed by atoms with E-state index in [1.165, 1.54) is 26.8 Å². The number of carbonyl (C=O) groups is 2. The highest BCUT2D eigenvalue weighted by atomic mass is 16.7. The number of aliphatic hydroxyl groups excluding tert-OH is 5. The van der Waals surface area contributed by atoms with Crippen LogP contribution in [0.2, 0.25) is 0 Å². The number of hydrogen-bond acceptors (Lipinski definition) is 13. The molecule has 46 heavy (non-hydrogen) atoms. The van der Waals surface area contributed by atoms with E-state index in [4.69, 9.17) is 30.4 Å². The summed E-state index contributed by atoms with van der Waals surface area (Å²) >= 11 is 0. The number of carboxylic acid groups (broad SMARTS) is 1. The number of carbonyl (C=O) groups excluding carboxylic acids is 1. The molecule has 12 atom stereocenters. The van der Waals surface area contributed by atoms with Crippen molar-refractivity contribution in [2.75, 3.05) is 6.61 Å². The average molecular weight is 653 g/mol. The number of carboxylic acids is 1. The quantitative estimate of drug-likeness (QED) is 0.102. The Balaban J connectivity index is 1.70. The standard InChI is InChI=1S/C29H40N4O13/c1-8-6-13-16(20(37)15(8)25(40)32-11(4)26(41)42)9(2)10(3)18(35)23(13)45-28-22(39)24(17(12(5)44-28)33-29(30)31)46-27-21(38)19(36)14(34)7-43-27/h6,11-12,14,17-19,21-24,27-28,34-39H,2-3,7H2,1,4-5H3,(H,32,40)(H,41,42)(H4,30,31,33). The number of aliphatic imine (C=N–C) groups is 1. The number of phenolic OH excluding ortho intramolecular Hbond substituents is 1. The second-order valence-corrected chi connectivity index (χ2v) is 11.5. The maximum atomic E-state index is 13.0. The van der Waals surface area contributed by atoms with Crippen LogP contribution < -0.4 is 16.8 Å². The number of aliphatic carboxylic acids is 1. The SMILES string of the molecule is C=C1C(=C)C(O)C(OC2OC(C)C(N=C(N)N)C(OC3OCC(O)C(O)C3O)C2O)c2cc(C)c(C(=O)NC(C)C(=O)O)c(O)c21. The van der Waals surface area contributed by atoms with Crippen molar-refractivity contribution in [1.82, 2.24) is 5.32 Å². The molecule has 1 amide bonds. The summed E-state index contributed by atoms with van der Waals surface area (Å²) in [6.07, 6.45) is -14.7. The number of fused-ring (bicyclic) bond motifs is 1. The summed E-state index contributed by atoms with van der Waals surface area (Å²) in [5, 5.41) is 75.8. The highest BCUT2D eigenvalue weighted by molar-refractivity contribution is 6.03. The van der Waals surface area contributed by atoms with Gasteiger partial charge in [0.15, 0.2) is 18.5 Å². The fourth-order valence-electron chi connectivity index (χ4n) is 5.64.